The Bertz CT molecular complexity index is 584. The molecule has 1 radical (unpaired) electrons. The fraction of sp³-hybridized carbons (Fsp3) is 0.357. The third kappa shape index (κ3) is 3.87. The van der Waals surface area contributed by atoms with Gasteiger partial charge in [0.1, 0.15) is 5.75 Å². The number of aromatic hydroxyl groups is 1. The van der Waals surface area contributed by atoms with E-state index in [1.165, 1.54) is 6.92 Å². The van der Waals surface area contributed by atoms with Gasteiger partial charge < -0.3 is 10.0 Å². The maximum Gasteiger partial charge on any atom is 0.256 e. The molecule has 1 aromatic rings. The summed E-state index contributed by atoms with van der Waals surface area (Å²) in [6, 6.07) is 1.30. The van der Waals surface area contributed by atoms with E-state index in [9.17, 15) is 22.4 Å². The normalized spacial score (nSPS) is 18.3. The molecular weight excluding hydrogens is 379 g/mol. The number of alkyl halides is 2. The molecule has 0 spiro atoms. The van der Waals surface area contributed by atoms with Gasteiger partial charge >= 0.3 is 0 Å². The van der Waals surface area contributed by atoms with Gasteiger partial charge in [-0.1, -0.05) is 18.9 Å². The largest absolute Gasteiger partial charge is 0.508 e. The van der Waals surface area contributed by atoms with Gasteiger partial charge in [-0.2, -0.15) is 0 Å². The van der Waals surface area contributed by atoms with E-state index in [0.717, 1.165) is 0 Å². The molecule has 1 unspecified atom stereocenters. The van der Waals surface area contributed by atoms with E-state index in [2.05, 4.69) is 6.08 Å². The minimum atomic E-state index is -2.85. The van der Waals surface area contributed by atoms with Crippen molar-refractivity contribution in [1.29, 1.82) is 0 Å². The Morgan fingerprint density at radius 2 is 1.91 bits per heavy atom. The van der Waals surface area contributed by atoms with E-state index in [4.69, 9.17) is 5.11 Å². The quantitative estimate of drug-likeness (QED) is 0.636. The molecule has 1 aliphatic rings. The average molecular weight is 391 g/mol. The second kappa shape index (κ2) is 7.55. The predicted octanol–water partition coefficient (Wildman–Crippen LogP) is 2.95. The zero-order chi connectivity index (χ0) is 15.7. The number of benzene rings is 1. The first-order chi connectivity index (χ1) is 9.81. The molecule has 0 aromatic heterocycles. The number of rotatable bonds is 3. The SMILES string of the molecule is CC1C[C-]=C(c2c(F)cc(O)cc2F)N(CC(F)F)C1=O.[Y]. The summed E-state index contributed by atoms with van der Waals surface area (Å²) >= 11 is 0. The number of nitrogens with zero attached hydrogens (tertiary/aromatic N) is 1. The third-order valence-corrected chi connectivity index (χ3v) is 3.12. The number of halogens is 4. The molecule has 1 amide bonds. The maximum absolute atomic E-state index is 13.8. The Morgan fingerprint density at radius 1 is 1.36 bits per heavy atom. The van der Waals surface area contributed by atoms with Crippen LogP contribution >= 0.6 is 0 Å². The first-order valence-corrected chi connectivity index (χ1v) is 6.20. The van der Waals surface area contributed by atoms with E-state index in [1.54, 1.807) is 0 Å². The molecule has 1 aliphatic heterocycles. The molecule has 1 atom stereocenters. The molecule has 0 saturated carbocycles. The summed E-state index contributed by atoms with van der Waals surface area (Å²) in [4.78, 5) is 12.6. The summed E-state index contributed by atoms with van der Waals surface area (Å²) in [5.74, 6) is -4.15. The number of hydrogen-bond donors (Lipinski definition) is 1. The Morgan fingerprint density at radius 3 is 2.41 bits per heavy atom. The van der Waals surface area contributed by atoms with Crippen molar-refractivity contribution in [3.63, 3.8) is 0 Å². The summed E-state index contributed by atoms with van der Waals surface area (Å²) in [5.41, 5.74) is -0.998. The van der Waals surface area contributed by atoms with Gasteiger partial charge in [0.25, 0.3) is 6.43 Å². The number of carbonyl (C=O) groups is 1. The summed E-state index contributed by atoms with van der Waals surface area (Å²) in [7, 11) is 0. The van der Waals surface area contributed by atoms with Gasteiger partial charge in [-0.25, -0.2) is 23.6 Å². The maximum atomic E-state index is 13.8. The van der Waals surface area contributed by atoms with Gasteiger partial charge in [0.05, 0.1) is 18.2 Å². The van der Waals surface area contributed by atoms with E-state index in [-0.39, 0.29) is 44.8 Å². The number of phenolic OH excluding ortho intramolecular Hbond substituents is 1. The molecule has 0 saturated heterocycles. The number of carbonyl (C=O) groups excluding carboxylic acids is 1. The second-order valence-electron chi connectivity index (χ2n) is 4.75. The summed E-state index contributed by atoms with van der Waals surface area (Å²) in [5, 5.41) is 9.11. The van der Waals surface area contributed by atoms with Crippen molar-refractivity contribution in [2.24, 2.45) is 5.92 Å². The smallest absolute Gasteiger partial charge is 0.256 e. The molecule has 3 nitrogen and oxygen atoms in total. The van der Waals surface area contributed by atoms with Gasteiger partial charge in [-0.05, 0) is 12.1 Å². The number of allylic oxidation sites excluding steroid dienone is 1. The van der Waals surface area contributed by atoms with Crippen molar-refractivity contribution < 1.29 is 60.2 Å². The fourth-order valence-corrected chi connectivity index (χ4v) is 2.14. The van der Waals surface area contributed by atoms with Crippen LogP contribution in [0.5, 0.6) is 5.75 Å². The summed E-state index contributed by atoms with van der Waals surface area (Å²) in [6.07, 6.45) is -0.172. The van der Waals surface area contributed by atoms with Crippen molar-refractivity contribution in [3.05, 3.63) is 35.4 Å². The van der Waals surface area contributed by atoms with E-state index >= 15 is 0 Å². The zero-order valence-corrected chi connectivity index (χ0v) is 14.5. The average Bonchev–Trinajstić information content (AvgIpc) is 2.36. The van der Waals surface area contributed by atoms with Gasteiger partial charge in [0, 0.05) is 38.6 Å². The van der Waals surface area contributed by atoms with Crippen LogP contribution in [0.2, 0.25) is 0 Å². The molecule has 1 N–H and O–H groups in total. The van der Waals surface area contributed by atoms with E-state index in [0.29, 0.717) is 17.0 Å². The molecule has 0 bridgehead atoms. The Labute approximate surface area is 149 Å². The molecule has 1 heterocycles. The van der Waals surface area contributed by atoms with Crippen molar-refractivity contribution >= 4 is 11.6 Å². The van der Waals surface area contributed by atoms with E-state index in [1.807, 2.05) is 0 Å². The topological polar surface area (TPSA) is 40.5 Å². The second-order valence-corrected chi connectivity index (χ2v) is 4.75. The number of hydrogen-bond acceptors (Lipinski definition) is 2. The van der Waals surface area contributed by atoms with Crippen LogP contribution in [0.25, 0.3) is 5.70 Å². The van der Waals surface area contributed by atoms with Gasteiger partial charge in [0.2, 0.25) is 5.91 Å². The van der Waals surface area contributed by atoms with Crippen molar-refractivity contribution in [2.45, 2.75) is 19.8 Å². The molecular formula is C14H12F4NO2Y-. The Hall–Kier alpha value is -0.946. The van der Waals surface area contributed by atoms with Crippen molar-refractivity contribution in [2.75, 3.05) is 6.54 Å². The zero-order valence-electron chi connectivity index (χ0n) is 11.6. The molecule has 2 rings (SSSR count). The van der Waals surface area contributed by atoms with Crippen LogP contribution < -0.4 is 0 Å². The summed E-state index contributed by atoms with van der Waals surface area (Å²) < 4.78 is 52.9. The van der Waals surface area contributed by atoms with Crippen molar-refractivity contribution in [1.82, 2.24) is 4.90 Å². The minimum Gasteiger partial charge on any atom is -0.508 e. The molecule has 22 heavy (non-hydrogen) atoms. The van der Waals surface area contributed by atoms with Gasteiger partial charge in [-0.3, -0.25) is 4.79 Å². The predicted molar refractivity (Wildman–Crippen MR) is 66.2 cm³/mol. The first-order valence-electron chi connectivity index (χ1n) is 6.20. The molecule has 0 aliphatic carbocycles. The Balaban J connectivity index is 0.00000242. The van der Waals surface area contributed by atoms with Crippen LogP contribution in [0.3, 0.4) is 0 Å². The molecule has 0 fully saturated rings. The van der Waals surface area contributed by atoms with Crippen LogP contribution in [-0.2, 0) is 37.5 Å². The van der Waals surface area contributed by atoms with Crippen LogP contribution in [0.15, 0.2) is 12.1 Å². The fourth-order valence-electron chi connectivity index (χ4n) is 2.14. The molecule has 117 valence electrons. The van der Waals surface area contributed by atoms with Crippen LogP contribution in [0, 0.1) is 23.6 Å². The monoisotopic (exact) mass is 391 g/mol. The minimum absolute atomic E-state index is 0. The third-order valence-electron chi connectivity index (χ3n) is 3.12. The number of phenols is 1. The Kier molecular flexibility index (Phi) is 6.56. The summed E-state index contributed by atoms with van der Waals surface area (Å²) in [6.45, 7) is 0.555. The molecule has 8 heteroatoms. The first kappa shape index (κ1) is 19.1. The number of amides is 1. The van der Waals surface area contributed by atoms with Crippen LogP contribution in [-0.4, -0.2) is 28.9 Å². The van der Waals surface area contributed by atoms with Crippen molar-refractivity contribution in [3.8, 4) is 5.75 Å². The van der Waals surface area contributed by atoms with Gasteiger partial charge in [-0.15, -0.1) is 5.70 Å². The van der Waals surface area contributed by atoms with Crippen LogP contribution in [0.1, 0.15) is 18.9 Å². The standard InChI is InChI=1S/C14H12F4NO2.Y/c1-7-2-3-11(19(14(7)21)6-12(17)18)13-9(15)4-8(20)5-10(13)16;/h4-5,7,12,20H,2,6H2,1H3;/q-1;. The molecule has 1 aromatic carbocycles. The van der Waals surface area contributed by atoms with Crippen LogP contribution in [0.4, 0.5) is 17.6 Å². The van der Waals surface area contributed by atoms with E-state index < -0.39 is 47.7 Å². The van der Waals surface area contributed by atoms with Gasteiger partial charge in [0.15, 0.2) is 0 Å².